The molecular formula is C122H203ClO19. The smallest absolute Gasteiger partial charge is 0.303 e. The fourth-order valence-electron chi connectivity index (χ4n) is 43.0. The highest BCUT2D eigenvalue weighted by atomic mass is 35.5. The van der Waals surface area contributed by atoms with Crippen molar-refractivity contribution in [2.75, 3.05) is 0 Å². The average Bonchev–Trinajstić information content (AvgIpc) is 1.14. The molecule has 0 amide bonds. The Balaban J connectivity index is 0.000000134. The lowest BCUT2D eigenvalue weighted by Gasteiger charge is -2.63. The number of aliphatic carboxylic acids is 4. The molecule has 0 aromatic heterocycles. The van der Waals surface area contributed by atoms with Gasteiger partial charge in [-0.2, -0.15) is 0 Å². The number of aliphatic hydroxyl groups excluding tert-OH is 10. The Hall–Kier alpha value is -2.82. The van der Waals surface area contributed by atoms with Gasteiger partial charge in [0.05, 0.1) is 66.4 Å². The largest absolute Gasteiger partial charge is 0.481 e. The molecule has 0 saturated heterocycles. The predicted molar refractivity (Wildman–Crippen MR) is 558 cm³/mol. The van der Waals surface area contributed by atoms with Crippen LogP contribution >= 0.6 is 11.6 Å². The Morgan fingerprint density at radius 2 is 0.655 bits per heavy atom. The quantitative estimate of drug-likeness (QED) is 0.0398. The van der Waals surface area contributed by atoms with Crippen LogP contribution in [0.15, 0.2) is 11.6 Å². The van der Waals surface area contributed by atoms with Crippen LogP contribution in [-0.2, 0) is 24.0 Å². The summed E-state index contributed by atoms with van der Waals surface area (Å²) >= 11 is 7.16. The number of fused-ring (bicyclic) bond motifs is 25. The standard InChI is InChI=1S/C25H42O3.C24H37ClO3.C24H40O5.2C24H40O4.CH4/c1-15(5-6-16(2)26)19-7-8-20-18-14-23(28)22-13-17(27)9-11-25(22,4)21(18)10-12-24(19,20)3;1-14(4-9-22(27)28)18-7-8-19-17-6-5-15-12-16(26)10-11-23(15,2)20(17)13-21(25)24(18,19)3;1-13(4-7-21(28)29)16-5-6-17-22-18(12-20(27)24(16,17)3)23(2)9-8-15(25)10-14(23)11-19(22)26;1-14(4-9-22(27)28)18-7-8-19-17-6-5-15-12-16(25)10-11-23(15,2)20(17)13-21(26)24(18,19)3;1-14(4-7-21(27)28)17-5-6-18-22-19(9-11-24(17,18)3)23(2)10-8-16(25)12-15(23)13-20(22)26;/h15,17-23,27-28H,5-14H2,1-4H3;13-19,21,26H,4-12H2,1-3H3,(H,27,28);13-20,22,25-27H,4-12H2,1-3H3,(H,28,29);14-21,25-26H,4-13H2,1-3H3,(H,27,28);14-20,22,25-26H,4-13H2,1-3H3,(H,27,28);1H4/t15?,17-,18?,19?,20+,21+,22?,23+,24-,25-;14?,15?,16-,17?,18?,19+,21+,23+,24-;13?,14?,15-,16?,17+,18+,19-,20+,22?,23+,24-;14?,15?,16-,17?,18?,19+,20+,21+,23+,24-;14?,15?,16-,17?,18+,19+,20-,22?,23+,24-;/m11111./s1. The van der Waals surface area contributed by atoms with Crippen LogP contribution in [0.25, 0.3) is 0 Å². The van der Waals surface area contributed by atoms with Gasteiger partial charge in [-0.25, -0.2) is 0 Å². The molecule has 0 heterocycles. The minimum absolute atomic E-state index is 0. The second-order valence-corrected chi connectivity index (χ2v) is 57.0. The Labute approximate surface area is 861 Å². The number of carboxylic acids is 4. The third-order valence-electron chi connectivity index (χ3n) is 50.9. The lowest BCUT2D eigenvalue weighted by atomic mass is 9.43. The van der Waals surface area contributed by atoms with Gasteiger partial charge in [-0.3, -0.25) is 19.2 Å². The highest BCUT2D eigenvalue weighted by Gasteiger charge is 2.71. The monoisotopic (exact) mass is 2010 g/mol. The van der Waals surface area contributed by atoms with Crippen molar-refractivity contribution in [3.8, 4) is 0 Å². The topological polar surface area (TPSA) is 369 Å². The van der Waals surface area contributed by atoms with Crippen LogP contribution in [0.1, 0.15) is 426 Å². The number of aliphatic hydroxyl groups is 10. The number of Topliss-reactive ketones (excluding diaryl/α,β-unsaturated/α-hetero) is 1. The van der Waals surface area contributed by atoms with E-state index in [0.29, 0.717) is 154 Å². The molecule has 0 radical (unpaired) electrons. The van der Waals surface area contributed by atoms with E-state index in [1.165, 1.54) is 96.3 Å². The number of ketones is 1. The van der Waals surface area contributed by atoms with Crippen molar-refractivity contribution in [1.82, 2.24) is 0 Å². The highest BCUT2D eigenvalue weighted by molar-refractivity contribution is 6.22. The van der Waals surface area contributed by atoms with E-state index in [9.17, 15) is 75.0 Å². The van der Waals surface area contributed by atoms with Gasteiger partial charge in [0.25, 0.3) is 0 Å². The van der Waals surface area contributed by atoms with Crippen molar-refractivity contribution in [3.05, 3.63) is 11.6 Å². The molecule has 812 valence electrons. The van der Waals surface area contributed by atoms with Gasteiger partial charge in [0, 0.05) is 32.1 Å². The number of carbonyl (C=O) groups excluding carboxylic acids is 1. The first-order valence-corrected chi connectivity index (χ1v) is 59.2. The average molecular weight is 2010 g/mol. The molecule has 20 rings (SSSR count). The van der Waals surface area contributed by atoms with Gasteiger partial charge in [0.15, 0.2) is 0 Å². The second kappa shape index (κ2) is 43.6. The molecular weight excluding hydrogens is 1800 g/mol. The SMILES string of the molecule is C.CC(=O)CCC(C)C1CC[C@H]2C3C[C@H](O)C4C[C@H](O)CC[C@]4(C)[C@H]3CC[C@]12C.CC(CCC(=O)O)C1CC[C@H]2C3CCC4C[C@H](O)CC[C@]4(C)C3=C[C@H](Cl)[C@]12C.CC(CCC(=O)O)C1CC[C@H]2C3CCC4C[C@H](O)CC[C@]4(C)[C@H]3C[C@H](O)[C@]12C.CC(CCC(=O)O)C1CC[C@H]2C3[C@H](O)CC4C[C@H](O)CC[C@]4(C)[C@H]3CC[C@]12C.CC(CCC(=O)O)C1CC[C@H]2C3[C@H](O)CC4C[C@H](O)CC[C@]4(C)[C@H]3C[C@H](O)[C@]12C. The molecule has 14 N–H and O–H groups in total. The Bertz CT molecular complexity index is 4340. The molecule has 20 aliphatic rings. The predicted octanol–water partition coefficient (Wildman–Crippen LogP) is 23.7. The molecule has 20 aliphatic carbocycles. The van der Waals surface area contributed by atoms with Gasteiger partial charge in [-0.1, -0.05) is 123 Å². The summed E-state index contributed by atoms with van der Waals surface area (Å²) in [6.07, 6.45) is 45.9. The number of hydrogen-bond donors (Lipinski definition) is 14. The molecule has 0 bridgehead atoms. The van der Waals surface area contributed by atoms with Gasteiger partial charge in [0.1, 0.15) is 5.78 Å². The first-order chi connectivity index (χ1) is 66.3. The van der Waals surface area contributed by atoms with Crippen molar-refractivity contribution >= 4 is 41.3 Å². The van der Waals surface area contributed by atoms with Gasteiger partial charge < -0.3 is 76.3 Å². The summed E-state index contributed by atoms with van der Waals surface area (Å²) in [4.78, 5) is 55.7. The van der Waals surface area contributed by atoms with Crippen molar-refractivity contribution < 1.29 is 95.5 Å². The molecule has 50 atom stereocenters. The van der Waals surface area contributed by atoms with E-state index in [1.807, 2.05) is 0 Å². The van der Waals surface area contributed by atoms with Crippen LogP contribution in [-0.4, -0.2) is 168 Å². The summed E-state index contributed by atoms with van der Waals surface area (Å²) in [5, 5.41) is 144. The summed E-state index contributed by atoms with van der Waals surface area (Å²) in [7, 11) is 0. The van der Waals surface area contributed by atoms with Crippen LogP contribution in [0.3, 0.4) is 0 Å². The van der Waals surface area contributed by atoms with Gasteiger partial charge >= 0.3 is 23.9 Å². The molecule has 20 unspecified atom stereocenters. The molecule has 0 aromatic carbocycles. The number of hydrogen-bond acceptors (Lipinski definition) is 15. The molecule has 19 nitrogen and oxygen atoms in total. The summed E-state index contributed by atoms with van der Waals surface area (Å²) in [6, 6.07) is 0. The van der Waals surface area contributed by atoms with Gasteiger partial charge in [-0.05, 0) is 509 Å². The van der Waals surface area contributed by atoms with E-state index in [1.54, 1.807) is 12.5 Å². The van der Waals surface area contributed by atoms with Gasteiger partial charge in [0.2, 0.25) is 0 Å². The molecule has 20 heteroatoms. The zero-order chi connectivity index (χ0) is 102. The molecule has 0 spiro atoms. The lowest BCUT2D eigenvalue weighted by molar-refractivity contribution is -0.207. The van der Waals surface area contributed by atoms with E-state index >= 15 is 0 Å². The third-order valence-corrected chi connectivity index (χ3v) is 51.5. The first-order valence-electron chi connectivity index (χ1n) is 58.8. The van der Waals surface area contributed by atoms with Crippen molar-refractivity contribution in [2.24, 2.45) is 226 Å². The number of carbonyl (C=O) groups is 5. The van der Waals surface area contributed by atoms with Crippen molar-refractivity contribution in [3.63, 3.8) is 0 Å². The first kappa shape index (κ1) is 113. The fraction of sp³-hybridized carbons (Fsp3) is 0.943. The minimum atomic E-state index is -0.748. The summed E-state index contributed by atoms with van der Waals surface area (Å²) in [5.74, 6) is 12.0. The van der Waals surface area contributed by atoms with E-state index in [2.05, 4.69) is 110 Å². The summed E-state index contributed by atoms with van der Waals surface area (Å²) in [5.41, 5.74) is 3.08. The number of halogens is 1. The van der Waals surface area contributed by atoms with E-state index in [4.69, 9.17) is 32.0 Å². The minimum Gasteiger partial charge on any atom is -0.481 e. The molecule has 142 heavy (non-hydrogen) atoms. The van der Waals surface area contributed by atoms with Crippen LogP contribution in [0.2, 0.25) is 0 Å². The zero-order valence-electron chi connectivity index (χ0n) is 90.3. The number of carboxylic acid groups (broad SMARTS) is 4. The Morgan fingerprint density at radius 1 is 0.303 bits per heavy atom. The molecule has 0 aromatic rings. The Morgan fingerprint density at radius 3 is 1.16 bits per heavy atom. The highest BCUT2D eigenvalue weighted by Crippen LogP contribution is 2.76. The second-order valence-electron chi connectivity index (χ2n) is 56.6. The number of rotatable bonds is 20. The fourth-order valence-corrected chi connectivity index (χ4v) is 43.4. The lowest BCUT2D eigenvalue weighted by Crippen LogP contribution is -2.62. The number of alkyl halides is 1. The van der Waals surface area contributed by atoms with Crippen LogP contribution < -0.4 is 0 Å². The molecule has 0 aliphatic heterocycles. The summed E-state index contributed by atoms with van der Waals surface area (Å²) < 4.78 is 0. The number of allylic oxidation sites excluding steroid dienone is 2. The van der Waals surface area contributed by atoms with Crippen LogP contribution in [0, 0.1) is 226 Å². The zero-order valence-corrected chi connectivity index (χ0v) is 91.0. The maximum absolute atomic E-state index is 11.5. The molecule has 19 saturated carbocycles. The van der Waals surface area contributed by atoms with Crippen LogP contribution in [0.4, 0.5) is 0 Å². The van der Waals surface area contributed by atoms with Crippen LogP contribution in [0.5, 0.6) is 0 Å². The van der Waals surface area contributed by atoms with E-state index < -0.39 is 30.0 Å². The van der Waals surface area contributed by atoms with Crippen molar-refractivity contribution in [2.45, 2.75) is 493 Å². The summed E-state index contributed by atoms with van der Waals surface area (Å²) in [6.45, 7) is 37.0. The molecule has 19 fully saturated rings. The third kappa shape index (κ3) is 20.4. The normalized spacial score (nSPS) is 51.0. The Kier molecular flexibility index (Phi) is 34.8. The van der Waals surface area contributed by atoms with Crippen molar-refractivity contribution in [1.29, 1.82) is 0 Å². The maximum Gasteiger partial charge on any atom is 0.303 e. The van der Waals surface area contributed by atoms with E-state index in [0.717, 1.165) is 198 Å². The van der Waals surface area contributed by atoms with Gasteiger partial charge in [-0.15, -0.1) is 11.6 Å². The maximum atomic E-state index is 11.5. The van der Waals surface area contributed by atoms with E-state index in [-0.39, 0.29) is 160 Å².